The van der Waals surface area contributed by atoms with Crippen LogP contribution in [-0.2, 0) is 22.8 Å². The van der Waals surface area contributed by atoms with Gasteiger partial charge in [0.1, 0.15) is 6.61 Å². The van der Waals surface area contributed by atoms with Gasteiger partial charge in [-0.2, -0.15) is 17.5 Å². The predicted molar refractivity (Wildman–Crippen MR) is 96.9 cm³/mol. The van der Waals surface area contributed by atoms with Gasteiger partial charge in [0.2, 0.25) is 10.0 Å². The molecular weight excluding hydrogens is 413 g/mol. The second-order valence-corrected chi connectivity index (χ2v) is 8.42. The number of ether oxygens (including phenoxy) is 1. The first-order chi connectivity index (χ1) is 13.6. The predicted octanol–water partition coefficient (Wildman–Crippen LogP) is 3.98. The number of rotatable bonds is 6. The standard InChI is InChI=1S/C18H17F3N2O5S/c19-18(20,21)14-5-3-4-13(10-14)12-28-17-7-6-15(11-16(17)23(24)25)29(26,27)22-8-1-2-9-22/h3-7,10-11H,1-2,8-9,12H2. The van der Waals surface area contributed by atoms with Crippen LogP contribution in [0.4, 0.5) is 18.9 Å². The van der Waals surface area contributed by atoms with Crippen LogP contribution in [0.5, 0.6) is 5.75 Å². The van der Waals surface area contributed by atoms with Crippen LogP contribution >= 0.6 is 0 Å². The zero-order valence-corrected chi connectivity index (χ0v) is 15.9. The molecule has 156 valence electrons. The summed E-state index contributed by atoms with van der Waals surface area (Å²) >= 11 is 0. The highest BCUT2D eigenvalue weighted by Crippen LogP contribution is 2.33. The Hall–Kier alpha value is -2.66. The summed E-state index contributed by atoms with van der Waals surface area (Å²) in [5.41, 5.74) is -1.26. The SMILES string of the molecule is O=[N+]([O-])c1cc(S(=O)(=O)N2CCCC2)ccc1OCc1cccc(C(F)(F)F)c1. The summed E-state index contributed by atoms with van der Waals surface area (Å²) in [6, 6.07) is 7.66. The highest BCUT2D eigenvalue weighted by Gasteiger charge is 2.31. The van der Waals surface area contributed by atoms with Crippen LogP contribution in [0.1, 0.15) is 24.0 Å². The van der Waals surface area contributed by atoms with Gasteiger partial charge in [0.25, 0.3) is 0 Å². The number of benzene rings is 2. The molecule has 1 heterocycles. The van der Waals surface area contributed by atoms with E-state index in [9.17, 15) is 31.7 Å². The minimum absolute atomic E-state index is 0.169. The summed E-state index contributed by atoms with van der Waals surface area (Å²) in [5.74, 6) is -0.229. The van der Waals surface area contributed by atoms with E-state index in [2.05, 4.69) is 0 Å². The Labute approximate surface area is 164 Å². The van der Waals surface area contributed by atoms with Crippen molar-refractivity contribution in [3.8, 4) is 5.75 Å². The number of nitrogens with zero attached hydrogens (tertiary/aromatic N) is 2. The van der Waals surface area contributed by atoms with Crippen molar-refractivity contribution in [2.24, 2.45) is 0 Å². The maximum atomic E-state index is 12.8. The first-order valence-electron chi connectivity index (χ1n) is 8.66. The molecule has 0 aromatic heterocycles. The number of nitro groups is 1. The Morgan fingerprint density at radius 3 is 2.41 bits per heavy atom. The van der Waals surface area contributed by atoms with E-state index in [-0.39, 0.29) is 22.8 Å². The fourth-order valence-electron chi connectivity index (χ4n) is 3.00. The van der Waals surface area contributed by atoms with E-state index in [4.69, 9.17) is 4.74 Å². The van der Waals surface area contributed by atoms with E-state index in [1.54, 1.807) is 0 Å². The van der Waals surface area contributed by atoms with Crippen molar-refractivity contribution in [2.75, 3.05) is 13.1 Å². The monoisotopic (exact) mass is 430 g/mol. The van der Waals surface area contributed by atoms with Gasteiger partial charge in [0.15, 0.2) is 5.75 Å². The Kier molecular flexibility index (Phi) is 5.80. The zero-order chi connectivity index (χ0) is 21.2. The lowest BCUT2D eigenvalue weighted by Gasteiger charge is -2.16. The van der Waals surface area contributed by atoms with E-state index >= 15 is 0 Å². The maximum absolute atomic E-state index is 12.8. The van der Waals surface area contributed by atoms with Crippen LogP contribution in [-0.4, -0.2) is 30.7 Å². The van der Waals surface area contributed by atoms with E-state index < -0.39 is 32.4 Å². The molecule has 2 aromatic carbocycles. The number of alkyl halides is 3. The van der Waals surface area contributed by atoms with E-state index in [0.717, 1.165) is 37.1 Å². The minimum atomic E-state index is -4.52. The van der Waals surface area contributed by atoms with Gasteiger partial charge in [-0.15, -0.1) is 0 Å². The molecule has 0 bridgehead atoms. The van der Waals surface area contributed by atoms with Crippen molar-refractivity contribution < 1.29 is 31.2 Å². The lowest BCUT2D eigenvalue weighted by molar-refractivity contribution is -0.386. The van der Waals surface area contributed by atoms with Crippen molar-refractivity contribution >= 4 is 15.7 Å². The smallest absolute Gasteiger partial charge is 0.416 e. The normalized spacial score (nSPS) is 15.4. The Bertz CT molecular complexity index is 1020. The van der Waals surface area contributed by atoms with Gasteiger partial charge in [0.05, 0.1) is 15.4 Å². The average Bonchev–Trinajstić information content (AvgIpc) is 3.21. The van der Waals surface area contributed by atoms with Gasteiger partial charge in [-0.1, -0.05) is 12.1 Å². The Morgan fingerprint density at radius 2 is 1.79 bits per heavy atom. The molecule has 0 spiro atoms. The number of hydrogen-bond acceptors (Lipinski definition) is 5. The first kappa shape index (κ1) is 21.1. The molecule has 1 fully saturated rings. The van der Waals surface area contributed by atoms with E-state index in [1.807, 2.05) is 0 Å². The number of nitro benzene ring substituents is 1. The molecule has 0 N–H and O–H groups in total. The van der Waals surface area contributed by atoms with Crippen LogP contribution in [0.25, 0.3) is 0 Å². The molecule has 2 aromatic rings. The van der Waals surface area contributed by atoms with Gasteiger partial charge in [0, 0.05) is 19.2 Å². The van der Waals surface area contributed by atoms with Crippen LogP contribution < -0.4 is 4.74 Å². The summed E-state index contributed by atoms with van der Waals surface area (Å²) in [7, 11) is -3.85. The number of hydrogen-bond donors (Lipinski definition) is 0. The molecule has 0 amide bonds. The molecule has 0 radical (unpaired) electrons. The van der Waals surface area contributed by atoms with Gasteiger partial charge >= 0.3 is 11.9 Å². The van der Waals surface area contributed by atoms with Crippen molar-refractivity contribution in [3.63, 3.8) is 0 Å². The van der Waals surface area contributed by atoms with Gasteiger partial charge in [-0.3, -0.25) is 10.1 Å². The molecule has 0 aliphatic carbocycles. The second-order valence-electron chi connectivity index (χ2n) is 6.48. The van der Waals surface area contributed by atoms with Crippen molar-refractivity contribution in [3.05, 3.63) is 63.7 Å². The third-order valence-electron chi connectivity index (χ3n) is 4.48. The lowest BCUT2D eigenvalue weighted by atomic mass is 10.1. The molecule has 11 heteroatoms. The topological polar surface area (TPSA) is 89.8 Å². The molecule has 0 saturated carbocycles. The molecule has 1 aliphatic rings. The van der Waals surface area contributed by atoms with Crippen molar-refractivity contribution in [1.29, 1.82) is 0 Å². The third kappa shape index (κ3) is 4.67. The van der Waals surface area contributed by atoms with E-state index in [0.29, 0.717) is 13.1 Å². The zero-order valence-electron chi connectivity index (χ0n) is 15.1. The van der Waals surface area contributed by atoms with Crippen LogP contribution in [0.2, 0.25) is 0 Å². The molecule has 0 atom stereocenters. The fraction of sp³-hybridized carbons (Fsp3) is 0.333. The first-order valence-corrected chi connectivity index (χ1v) is 10.1. The quantitative estimate of drug-likeness (QED) is 0.511. The number of sulfonamides is 1. The summed E-state index contributed by atoms with van der Waals surface area (Å²) in [4.78, 5) is 10.4. The fourth-order valence-corrected chi connectivity index (χ4v) is 4.54. The van der Waals surface area contributed by atoms with Gasteiger partial charge in [-0.25, -0.2) is 8.42 Å². The third-order valence-corrected chi connectivity index (χ3v) is 6.37. The molecule has 3 rings (SSSR count). The second kappa shape index (κ2) is 7.99. The van der Waals surface area contributed by atoms with Crippen molar-refractivity contribution in [1.82, 2.24) is 4.31 Å². The van der Waals surface area contributed by atoms with Crippen LogP contribution in [0.15, 0.2) is 47.4 Å². The highest BCUT2D eigenvalue weighted by atomic mass is 32.2. The molecule has 7 nitrogen and oxygen atoms in total. The highest BCUT2D eigenvalue weighted by molar-refractivity contribution is 7.89. The Balaban J connectivity index is 1.84. The van der Waals surface area contributed by atoms with Gasteiger partial charge < -0.3 is 4.74 Å². The average molecular weight is 430 g/mol. The Morgan fingerprint density at radius 1 is 1.10 bits per heavy atom. The van der Waals surface area contributed by atoms with Gasteiger partial charge in [-0.05, 0) is 42.7 Å². The molecular formula is C18H17F3N2O5S. The van der Waals surface area contributed by atoms with Crippen molar-refractivity contribution in [2.45, 2.75) is 30.5 Å². The van der Waals surface area contributed by atoms with E-state index in [1.165, 1.54) is 22.5 Å². The summed E-state index contributed by atoms with van der Waals surface area (Å²) in [6.45, 7) is 0.358. The lowest BCUT2D eigenvalue weighted by Crippen LogP contribution is -2.27. The molecule has 0 unspecified atom stereocenters. The summed E-state index contributed by atoms with van der Waals surface area (Å²) < 4.78 is 70.1. The summed E-state index contributed by atoms with van der Waals surface area (Å²) in [5, 5.41) is 11.4. The maximum Gasteiger partial charge on any atom is 0.416 e. The molecule has 1 saturated heterocycles. The number of halogens is 3. The minimum Gasteiger partial charge on any atom is -0.482 e. The molecule has 29 heavy (non-hydrogen) atoms. The summed E-state index contributed by atoms with van der Waals surface area (Å²) in [6.07, 6.45) is -3.08. The van der Waals surface area contributed by atoms with Crippen LogP contribution in [0, 0.1) is 10.1 Å². The largest absolute Gasteiger partial charge is 0.482 e. The molecule has 1 aliphatic heterocycles. The van der Waals surface area contributed by atoms with Crippen LogP contribution in [0.3, 0.4) is 0 Å².